The van der Waals surface area contributed by atoms with E-state index in [1.165, 1.54) is 10.9 Å². The third-order valence-corrected chi connectivity index (χ3v) is 7.94. The molecule has 1 N–H and O–H groups in total. The summed E-state index contributed by atoms with van der Waals surface area (Å²) < 4.78 is 10.9. The normalized spacial score (nSPS) is 18.9. The predicted molar refractivity (Wildman–Crippen MR) is 159 cm³/mol. The minimum Gasteiger partial charge on any atom is -0.459 e. The molecule has 2 aliphatic rings. The highest BCUT2D eigenvalue weighted by Gasteiger charge is 2.23. The van der Waals surface area contributed by atoms with Crippen LogP contribution in [0.2, 0.25) is 0 Å². The number of ketones is 1. The number of carbonyl (C=O) groups excluding carboxylic acids is 2. The van der Waals surface area contributed by atoms with E-state index in [9.17, 15) is 9.59 Å². The number of Topliss-reactive ketones (excluding diaryl/α,β-unsaturated/α-hetero) is 1. The average Bonchev–Trinajstić information content (AvgIpc) is 3.69. The lowest BCUT2D eigenvalue weighted by molar-refractivity contribution is 0.0161. The van der Waals surface area contributed by atoms with Crippen molar-refractivity contribution in [2.45, 2.75) is 44.4 Å². The Labute approximate surface area is 240 Å². The van der Waals surface area contributed by atoms with Crippen LogP contribution in [0.3, 0.4) is 0 Å². The molecule has 0 spiro atoms. The fourth-order valence-electron chi connectivity index (χ4n) is 5.77. The van der Waals surface area contributed by atoms with Gasteiger partial charge in [0, 0.05) is 73.1 Å². The molecule has 7 heteroatoms. The average molecular weight is 550 g/mol. The van der Waals surface area contributed by atoms with Crippen molar-refractivity contribution in [3.63, 3.8) is 0 Å². The van der Waals surface area contributed by atoms with Crippen molar-refractivity contribution in [2.24, 2.45) is 0 Å². The number of hydrogen-bond acceptors (Lipinski definition) is 7. The van der Waals surface area contributed by atoms with Gasteiger partial charge in [-0.15, -0.1) is 0 Å². The Morgan fingerprint density at radius 3 is 2.66 bits per heavy atom. The van der Waals surface area contributed by atoms with E-state index < -0.39 is 0 Å². The van der Waals surface area contributed by atoms with Crippen molar-refractivity contribution >= 4 is 28.2 Å². The van der Waals surface area contributed by atoms with Gasteiger partial charge in [-0.1, -0.05) is 48.5 Å². The fourth-order valence-corrected chi connectivity index (χ4v) is 5.77. The Kier molecular flexibility index (Phi) is 8.35. The van der Waals surface area contributed by atoms with Crippen molar-refractivity contribution in [2.75, 3.05) is 31.6 Å². The zero-order valence-electron chi connectivity index (χ0n) is 23.1. The number of ether oxygens (including phenoxy) is 2. The number of fused-ring (bicyclic) bond motifs is 1. The molecule has 210 valence electrons. The summed E-state index contributed by atoms with van der Waals surface area (Å²) in [5.41, 5.74) is 4.38. The first kappa shape index (κ1) is 27.1. The van der Waals surface area contributed by atoms with Gasteiger partial charge in [0.1, 0.15) is 6.61 Å². The van der Waals surface area contributed by atoms with Crippen LogP contribution in [0.25, 0.3) is 10.8 Å². The number of carbonyl (C=O) groups is 2. The van der Waals surface area contributed by atoms with Crippen LogP contribution in [0, 0.1) is 0 Å². The standard InChI is InChI=1S/C34H35N3O4/c38-33(26-9-11-27(12-10-26)34(39)41-23-30-7-3-17-40-30)19-24-4-1-5-25(18-24)21-37-16-14-29(22-37)36-32-8-2-6-28-20-35-15-13-31(28)32/h1-2,4-6,8-13,15,18,20,29-30,36H,3,7,14,16-17,19,21-23H2. The summed E-state index contributed by atoms with van der Waals surface area (Å²) in [6.45, 7) is 3.83. The molecule has 0 amide bonds. The smallest absolute Gasteiger partial charge is 0.338 e. The lowest BCUT2D eigenvalue weighted by Crippen LogP contribution is -2.26. The summed E-state index contributed by atoms with van der Waals surface area (Å²) in [5, 5.41) is 6.07. The summed E-state index contributed by atoms with van der Waals surface area (Å²) in [4.78, 5) is 32.0. The lowest BCUT2D eigenvalue weighted by atomic mass is 10.0. The van der Waals surface area contributed by atoms with Gasteiger partial charge in [-0.2, -0.15) is 0 Å². The number of likely N-dealkylation sites (tertiary alicyclic amines) is 1. The number of rotatable bonds is 10. The maximum absolute atomic E-state index is 13.0. The molecule has 6 rings (SSSR count). The second kappa shape index (κ2) is 12.6. The SMILES string of the molecule is O=C(Cc1cccc(CN2CCC(Nc3cccc4cnccc34)C2)c1)c1ccc(C(=O)OCC2CCCO2)cc1. The van der Waals surface area contributed by atoms with Gasteiger partial charge in [0.15, 0.2) is 5.78 Å². The number of benzene rings is 3. The molecule has 2 aliphatic heterocycles. The summed E-state index contributed by atoms with van der Waals surface area (Å²) in [6, 6.07) is 23.8. The van der Waals surface area contributed by atoms with E-state index in [0.29, 0.717) is 23.6 Å². The van der Waals surface area contributed by atoms with Crippen LogP contribution in [-0.4, -0.2) is 60.1 Å². The molecule has 3 aromatic carbocycles. The molecule has 7 nitrogen and oxygen atoms in total. The molecule has 0 aliphatic carbocycles. The highest BCUT2D eigenvalue weighted by atomic mass is 16.6. The van der Waals surface area contributed by atoms with Crippen molar-refractivity contribution < 1.29 is 19.1 Å². The van der Waals surface area contributed by atoms with Crippen LogP contribution in [0.15, 0.2) is 85.2 Å². The first-order chi connectivity index (χ1) is 20.1. The molecule has 4 aromatic rings. The summed E-state index contributed by atoms with van der Waals surface area (Å²) >= 11 is 0. The molecule has 0 bridgehead atoms. The summed E-state index contributed by atoms with van der Waals surface area (Å²) in [5.74, 6) is -0.363. The Morgan fingerprint density at radius 2 is 1.80 bits per heavy atom. The third-order valence-electron chi connectivity index (χ3n) is 7.94. The van der Waals surface area contributed by atoms with Gasteiger partial charge in [-0.05, 0) is 54.7 Å². The second-order valence-electron chi connectivity index (χ2n) is 11.0. The van der Waals surface area contributed by atoms with Gasteiger partial charge in [0.05, 0.1) is 11.7 Å². The minimum atomic E-state index is -0.388. The number of esters is 1. The maximum atomic E-state index is 13.0. The molecular formula is C34H35N3O4. The summed E-state index contributed by atoms with van der Waals surface area (Å²) in [7, 11) is 0. The van der Waals surface area contributed by atoms with Crippen molar-refractivity contribution in [1.82, 2.24) is 9.88 Å². The fraction of sp³-hybridized carbons (Fsp3) is 0.324. The third kappa shape index (κ3) is 6.81. The van der Waals surface area contributed by atoms with E-state index in [2.05, 4.69) is 51.6 Å². The first-order valence-electron chi connectivity index (χ1n) is 14.4. The maximum Gasteiger partial charge on any atom is 0.338 e. The van der Waals surface area contributed by atoms with Crippen LogP contribution in [0.5, 0.6) is 0 Å². The zero-order valence-corrected chi connectivity index (χ0v) is 23.1. The summed E-state index contributed by atoms with van der Waals surface area (Å²) in [6.07, 6.45) is 7.05. The predicted octanol–water partition coefficient (Wildman–Crippen LogP) is 5.68. The molecule has 2 unspecified atom stereocenters. The van der Waals surface area contributed by atoms with Gasteiger partial charge in [0.2, 0.25) is 0 Å². The first-order valence-corrected chi connectivity index (χ1v) is 14.4. The van der Waals surface area contributed by atoms with Crippen molar-refractivity contribution in [1.29, 1.82) is 0 Å². The molecule has 1 aromatic heterocycles. The van der Waals surface area contributed by atoms with Gasteiger partial charge in [0.25, 0.3) is 0 Å². The monoisotopic (exact) mass is 549 g/mol. The molecule has 2 atom stereocenters. The van der Waals surface area contributed by atoms with Crippen LogP contribution < -0.4 is 5.32 Å². The lowest BCUT2D eigenvalue weighted by Gasteiger charge is -2.18. The van der Waals surface area contributed by atoms with E-state index in [1.807, 2.05) is 24.5 Å². The zero-order chi connectivity index (χ0) is 28.0. The number of pyridine rings is 1. The quantitative estimate of drug-likeness (QED) is 0.201. The van der Waals surface area contributed by atoms with Crippen LogP contribution >= 0.6 is 0 Å². The Balaban J connectivity index is 1.01. The Hall–Kier alpha value is -4.07. The molecular weight excluding hydrogens is 514 g/mol. The largest absolute Gasteiger partial charge is 0.459 e. The second-order valence-corrected chi connectivity index (χ2v) is 11.0. The number of aromatic nitrogens is 1. The van der Waals surface area contributed by atoms with E-state index in [0.717, 1.165) is 62.1 Å². The van der Waals surface area contributed by atoms with Crippen LogP contribution in [0.1, 0.15) is 51.1 Å². The molecule has 41 heavy (non-hydrogen) atoms. The number of nitrogens with one attached hydrogen (secondary N) is 1. The van der Waals surface area contributed by atoms with Gasteiger partial charge >= 0.3 is 5.97 Å². The molecule has 3 heterocycles. The minimum absolute atomic E-state index is 0.00729. The van der Waals surface area contributed by atoms with E-state index >= 15 is 0 Å². The van der Waals surface area contributed by atoms with Crippen molar-refractivity contribution in [3.05, 3.63) is 107 Å². The van der Waals surface area contributed by atoms with E-state index in [-0.39, 0.29) is 24.5 Å². The number of nitrogens with zero attached hydrogens (tertiary/aromatic N) is 2. The van der Waals surface area contributed by atoms with Gasteiger partial charge < -0.3 is 14.8 Å². The van der Waals surface area contributed by atoms with E-state index in [4.69, 9.17) is 9.47 Å². The topological polar surface area (TPSA) is 80.8 Å². The highest BCUT2D eigenvalue weighted by molar-refractivity contribution is 5.99. The highest BCUT2D eigenvalue weighted by Crippen LogP contribution is 2.25. The van der Waals surface area contributed by atoms with E-state index in [1.54, 1.807) is 24.3 Å². The van der Waals surface area contributed by atoms with Crippen LogP contribution in [-0.2, 0) is 22.4 Å². The molecule has 2 fully saturated rings. The molecule has 0 saturated carbocycles. The van der Waals surface area contributed by atoms with Gasteiger partial charge in [-0.3, -0.25) is 14.7 Å². The Bertz CT molecular complexity index is 1510. The van der Waals surface area contributed by atoms with Gasteiger partial charge in [-0.25, -0.2) is 4.79 Å². The number of anilines is 1. The Morgan fingerprint density at radius 1 is 0.976 bits per heavy atom. The molecule has 0 radical (unpaired) electrons. The van der Waals surface area contributed by atoms with Crippen LogP contribution in [0.4, 0.5) is 5.69 Å². The molecule has 2 saturated heterocycles. The van der Waals surface area contributed by atoms with Crippen molar-refractivity contribution in [3.8, 4) is 0 Å². The number of hydrogen-bond donors (Lipinski definition) is 1.